The molecule has 2 aromatic carbocycles. The molecule has 160 valence electrons. The summed E-state index contributed by atoms with van der Waals surface area (Å²) in [6.07, 6.45) is 4.45. The van der Waals surface area contributed by atoms with Crippen LogP contribution in [0.15, 0.2) is 53.0 Å². The minimum absolute atomic E-state index is 0.0233. The molecule has 0 saturated carbocycles. The van der Waals surface area contributed by atoms with Crippen molar-refractivity contribution in [1.29, 1.82) is 0 Å². The molecule has 2 saturated heterocycles. The van der Waals surface area contributed by atoms with Gasteiger partial charge in [0.25, 0.3) is 0 Å². The van der Waals surface area contributed by atoms with Crippen molar-refractivity contribution in [2.24, 2.45) is 5.92 Å². The maximum Gasteiger partial charge on any atom is 0.322 e. The maximum absolute atomic E-state index is 12.6. The summed E-state index contributed by atoms with van der Waals surface area (Å²) in [4.78, 5) is 16.9. The van der Waals surface area contributed by atoms with Gasteiger partial charge in [0.05, 0.1) is 7.11 Å². The first-order chi connectivity index (χ1) is 14.6. The average molecular weight is 472 g/mol. The van der Waals surface area contributed by atoms with Crippen LogP contribution in [0.2, 0.25) is 0 Å². The van der Waals surface area contributed by atoms with Gasteiger partial charge in [0, 0.05) is 29.3 Å². The number of piperidine rings is 1. The summed E-state index contributed by atoms with van der Waals surface area (Å²) in [6, 6.07) is 16.4. The molecule has 4 rings (SSSR count). The van der Waals surface area contributed by atoms with Crippen LogP contribution in [-0.4, -0.2) is 50.3 Å². The molecule has 2 aromatic rings. The Morgan fingerprint density at radius 1 is 1.07 bits per heavy atom. The molecule has 30 heavy (non-hydrogen) atoms. The number of ether oxygens (including phenoxy) is 1. The van der Waals surface area contributed by atoms with E-state index in [1.54, 1.807) is 7.11 Å². The van der Waals surface area contributed by atoms with Gasteiger partial charge in [0.2, 0.25) is 0 Å². The highest BCUT2D eigenvalue weighted by atomic mass is 79.9. The van der Waals surface area contributed by atoms with E-state index in [2.05, 4.69) is 38.3 Å². The molecular weight excluding hydrogens is 442 g/mol. The Morgan fingerprint density at radius 2 is 1.83 bits per heavy atom. The molecule has 1 unspecified atom stereocenters. The third kappa shape index (κ3) is 5.16. The number of urea groups is 1. The summed E-state index contributed by atoms with van der Waals surface area (Å²) < 4.78 is 6.54. The van der Waals surface area contributed by atoms with E-state index in [4.69, 9.17) is 4.74 Å². The number of rotatable bonds is 6. The number of hydrogen-bond donors (Lipinski definition) is 1. The van der Waals surface area contributed by atoms with Crippen molar-refractivity contribution in [3.05, 3.63) is 58.6 Å². The van der Waals surface area contributed by atoms with Gasteiger partial charge in [-0.25, -0.2) is 4.79 Å². The fourth-order valence-electron chi connectivity index (χ4n) is 4.53. The molecule has 0 radical (unpaired) electrons. The van der Waals surface area contributed by atoms with E-state index in [0.29, 0.717) is 5.92 Å². The number of amides is 2. The quantitative estimate of drug-likeness (QED) is 0.663. The first kappa shape index (κ1) is 21.2. The minimum atomic E-state index is 0.0233. The zero-order valence-corrected chi connectivity index (χ0v) is 19.1. The smallest absolute Gasteiger partial charge is 0.322 e. The summed E-state index contributed by atoms with van der Waals surface area (Å²) in [5.41, 5.74) is 2.30. The normalized spacial score (nSPS) is 20.8. The number of anilines is 1. The third-order valence-corrected chi connectivity index (χ3v) is 7.06. The zero-order valence-electron chi connectivity index (χ0n) is 17.5. The second-order valence-corrected chi connectivity index (χ2v) is 9.18. The molecule has 2 aliphatic rings. The first-order valence-corrected chi connectivity index (χ1v) is 11.6. The fourth-order valence-corrected chi connectivity index (χ4v) is 4.94. The monoisotopic (exact) mass is 471 g/mol. The number of hydrogen-bond acceptors (Lipinski definition) is 3. The van der Waals surface area contributed by atoms with Crippen molar-refractivity contribution in [3.63, 3.8) is 0 Å². The van der Waals surface area contributed by atoms with Gasteiger partial charge in [0.1, 0.15) is 5.75 Å². The Bertz CT molecular complexity index is 853. The summed E-state index contributed by atoms with van der Waals surface area (Å²) >= 11 is 3.68. The van der Waals surface area contributed by atoms with Gasteiger partial charge in [-0.2, -0.15) is 0 Å². The number of carbonyl (C=O) groups is 1. The highest BCUT2D eigenvalue weighted by molar-refractivity contribution is 9.10. The summed E-state index contributed by atoms with van der Waals surface area (Å²) in [5.74, 6) is 1.61. The number of nitrogens with one attached hydrogen (secondary N) is 1. The second kappa shape index (κ2) is 9.84. The molecular formula is C24H30BrN3O2. The van der Waals surface area contributed by atoms with Gasteiger partial charge in [0.15, 0.2) is 0 Å². The second-order valence-electron chi connectivity index (χ2n) is 8.33. The number of halogens is 1. The van der Waals surface area contributed by atoms with Crippen molar-refractivity contribution in [1.82, 2.24) is 10.2 Å². The lowest BCUT2D eigenvalue weighted by Gasteiger charge is -2.38. The largest absolute Gasteiger partial charge is 0.497 e. The molecule has 2 heterocycles. The van der Waals surface area contributed by atoms with Crippen molar-refractivity contribution in [2.45, 2.75) is 31.7 Å². The van der Waals surface area contributed by atoms with Gasteiger partial charge < -0.3 is 15.0 Å². The minimum Gasteiger partial charge on any atom is -0.497 e. The van der Waals surface area contributed by atoms with E-state index in [0.717, 1.165) is 50.5 Å². The van der Waals surface area contributed by atoms with E-state index in [1.165, 1.54) is 22.9 Å². The van der Waals surface area contributed by atoms with E-state index >= 15 is 0 Å². The lowest BCUT2D eigenvalue weighted by molar-refractivity contribution is 0.162. The topological polar surface area (TPSA) is 44.8 Å². The van der Waals surface area contributed by atoms with Crippen molar-refractivity contribution in [3.8, 4) is 5.75 Å². The average Bonchev–Trinajstić information content (AvgIpc) is 2.77. The Balaban J connectivity index is 1.24. The van der Waals surface area contributed by atoms with Gasteiger partial charge in [-0.3, -0.25) is 4.90 Å². The molecule has 6 heteroatoms. The van der Waals surface area contributed by atoms with E-state index in [9.17, 15) is 4.79 Å². The third-order valence-electron chi connectivity index (χ3n) is 6.29. The van der Waals surface area contributed by atoms with Crippen LogP contribution in [0.25, 0.3) is 0 Å². The number of methoxy groups -OCH3 is 1. The molecule has 5 nitrogen and oxygen atoms in total. The molecule has 1 N–H and O–H groups in total. The van der Waals surface area contributed by atoms with Gasteiger partial charge in [-0.1, -0.05) is 34.1 Å². The highest BCUT2D eigenvalue weighted by Gasteiger charge is 2.28. The predicted octanol–water partition coefficient (Wildman–Crippen LogP) is 4.70. The van der Waals surface area contributed by atoms with Gasteiger partial charge >= 0.3 is 6.03 Å². The Morgan fingerprint density at radius 3 is 2.53 bits per heavy atom. The lowest BCUT2D eigenvalue weighted by atomic mass is 9.90. The Hall–Kier alpha value is -2.05. The highest BCUT2D eigenvalue weighted by Crippen LogP contribution is 2.29. The van der Waals surface area contributed by atoms with Crippen LogP contribution in [0, 0.1) is 5.92 Å². The molecule has 2 amide bonds. The van der Waals surface area contributed by atoms with E-state index in [-0.39, 0.29) is 12.1 Å². The van der Waals surface area contributed by atoms with E-state index in [1.807, 2.05) is 41.3 Å². The van der Waals surface area contributed by atoms with E-state index < -0.39 is 0 Å². The molecule has 0 aliphatic carbocycles. The Kier molecular flexibility index (Phi) is 6.95. The molecule has 1 atom stereocenters. The Labute approximate surface area is 187 Å². The van der Waals surface area contributed by atoms with Crippen LogP contribution in [0.3, 0.4) is 0 Å². The predicted molar refractivity (Wildman–Crippen MR) is 124 cm³/mol. The molecule has 0 aromatic heterocycles. The molecule has 0 bridgehead atoms. The molecule has 2 aliphatic heterocycles. The molecule has 0 spiro atoms. The van der Waals surface area contributed by atoms with Crippen LogP contribution in [0.5, 0.6) is 5.75 Å². The number of nitrogens with zero attached hydrogens (tertiary/aromatic N) is 2. The van der Waals surface area contributed by atoms with Crippen LogP contribution in [-0.2, 0) is 6.42 Å². The summed E-state index contributed by atoms with van der Waals surface area (Å²) in [5, 5.41) is 3.21. The van der Waals surface area contributed by atoms with Crippen molar-refractivity contribution in [2.75, 3.05) is 38.2 Å². The standard InChI is InChI=1S/C24H30BrN3O2/c1-30-22-7-8-23(25)19(16-22)15-18-9-12-27(13-10-18)17-20-11-14-28(24(29)26-20)21-5-3-2-4-6-21/h2-8,16,18,20H,9-15,17H2,1H3,(H,26,29). The fraction of sp³-hybridized carbons (Fsp3) is 0.458. The number of likely N-dealkylation sites (tertiary alicyclic amines) is 1. The van der Waals surface area contributed by atoms with Crippen LogP contribution < -0.4 is 15.0 Å². The number of carbonyl (C=O) groups excluding carboxylic acids is 1. The summed E-state index contributed by atoms with van der Waals surface area (Å²) in [6.45, 7) is 3.92. The van der Waals surface area contributed by atoms with Gasteiger partial charge in [-0.15, -0.1) is 0 Å². The molecule has 2 fully saturated rings. The maximum atomic E-state index is 12.6. The first-order valence-electron chi connectivity index (χ1n) is 10.8. The number of benzene rings is 2. The summed E-state index contributed by atoms with van der Waals surface area (Å²) in [7, 11) is 1.72. The SMILES string of the molecule is COc1ccc(Br)c(CC2CCN(CC3CCN(c4ccccc4)C(=O)N3)CC2)c1. The van der Waals surface area contributed by atoms with Crippen molar-refractivity contribution < 1.29 is 9.53 Å². The van der Waals surface area contributed by atoms with Crippen molar-refractivity contribution >= 4 is 27.6 Å². The zero-order chi connectivity index (χ0) is 20.9. The van der Waals surface area contributed by atoms with Crippen LogP contribution in [0.4, 0.5) is 10.5 Å². The lowest BCUT2D eigenvalue weighted by Crippen LogP contribution is -2.56. The van der Waals surface area contributed by atoms with Crippen LogP contribution in [0.1, 0.15) is 24.8 Å². The number of para-hydroxylation sites is 1. The van der Waals surface area contributed by atoms with Gasteiger partial charge in [-0.05, 0) is 80.6 Å². The van der Waals surface area contributed by atoms with Crippen LogP contribution >= 0.6 is 15.9 Å².